The zero-order valence-corrected chi connectivity index (χ0v) is 19.4. The third kappa shape index (κ3) is 3.89. The second kappa shape index (κ2) is 8.75. The lowest BCUT2D eigenvalue weighted by molar-refractivity contribution is 0.307. The predicted octanol–water partition coefficient (Wildman–Crippen LogP) is 5.90. The molecule has 0 N–H and O–H groups in total. The number of nitrogens with zero attached hydrogens (tertiary/aromatic N) is 2. The molecule has 0 saturated heterocycles. The second-order valence-corrected chi connectivity index (χ2v) is 8.90. The van der Waals surface area contributed by atoms with E-state index in [1.165, 1.54) is 11.1 Å². The minimum absolute atomic E-state index is 0.0153. The van der Waals surface area contributed by atoms with Gasteiger partial charge in [0.15, 0.2) is 0 Å². The van der Waals surface area contributed by atoms with Gasteiger partial charge in [-0.05, 0) is 64.5 Å². The summed E-state index contributed by atoms with van der Waals surface area (Å²) in [6.45, 7) is 2.31. The monoisotopic (exact) mass is 486 g/mol. The third-order valence-corrected chi connectivity index (χ3v) is 6.90. The first-order chi connectivity index (χ1) is 15.6. The maximum absolute atomic E-state index is 13.4. The van der Waals surface area contributed by atoms with Crippen molar-refractivity contribution < 1.29 is 4.74 Å². The molecule has 4 aromatic rings. The van der Waals surface area contributed by atoms with Crippen molar-refractivity contribution in [3.63, 3.8) is 0 Å². The number of benzene rings is 3. The molecule has 4 nitrogen and oxygen atoms in total. The van der Waals surface area contributed by atoms with E-state index in [-0.39, 0.29) is 11.6 Å². The number of ether oxygens (including phenoxy) is 1. The molecule has 0 unspecified atom stereocenters. The Labute approximate surface area is 195 Å². The summed E-state index contributed by atoms with van der Waals surface area (Å²) in [5, 5.41) is 0. The zero-order valence-electron chi connectivity index (χ0n) is 17.8. The molecule has 3 aromatic carbocycles. The van der Waals surface area contributed by atoms with Gasteiger partial charge in [0.05, 0.1) is 11.3 Å². The number of para-hydroxylation sites is 1. The molecule has 1 aromatic heterocycles. The van der Waals surface area contributed by atoms with Crippen molar-refractivity contribution >= 4 is 15.9 Å². The van der Waals surface area contributed by atoms with Crippen LogP contribution in [-0.4, -0.2) is 9.55 Å². The van der Waals surface area contributed by atoms with Gasteiger partial charge >= 0.3 is 0 Å². The molecule has 0 spiro atoms. The quantitative estimate of drug-likeness (QED) is 0.352. The Morgan fingerprint density at radius 2 is 1.56 bits per heavy atom. The number of aromatic nitrogens is 2. The van der Waals surface area contributed by atoms with Crippen molar-refractivity contribution in [2.45, 2.75) is 32.4 Å². The smallest absolute Gasteiger partial charge is 0.268 e. The molecule has 0 atom stereocenters. The number of fused-ring (bicyclic) bond motifs is 1. The first-order valence-electron chi connectivity index (χ1n) is 10.7. The molecular formula is C27H23BrN2O2. The largest absolute Gasteiger partial charge is 0.488 e. The topological polar surface area (TPSA) is 44.1 Å². The van der Waals surface area contributed by atoms with Gasteiger partial charge < -0.3 is 4.74 Å². The summed E-state index contributed by atoms with van der Waals surface area (Å²) in [5.41, 5.74) is 5.12. The van der Waals surface area contributed by atoms with Crippen LogP contribution in [-0.2, 0) is 19.4 Å². The van der Waals surface area contributed by atoms with Crippen LogP contribution in [0.25, 0.3) is 11.4 Å². The van der Waals surface area contributed by atoms with Crippen molar-refractivity contribution in [2.75, 3.05) is 0 Å². The van der Waals surface area contributed by atoms with E-state index >= 15 is 0 Å². The van der Waals surface area contributed by atoms with E-state index in [4.69, 9.17) is 9.72 Å². The van der Waals surface area contributed by atoms with E-state index in [0.717, 1.165) is 24.0 Å². The average molecular weight is 487 g/mol. The maximum Gasteiger partial charge on any atom is 0.268 e. The Morgan fingerprint density at radius 3 is 2.28 bits per heavy atom. The van der Waals surface area contributed by atoms with Gasteiger partial charge in [-0.15, -0.1) is 0 Å². The standard InChI is InChI=1S/C27H23BrN2O2/c1-18-25(28)27(31)30(22-15-20-11-5-6-12-21(20)16-22)26(29-18)23-13-7-8-14-24(23)32-17-19-9-3-2-4-10-19/h2-14,22H,15-17H2,1H3. The summed E-state index contributed by atoms with van der Waals surface area (Å²) in [6, 6.07) is 26.3. The van der Waals surface area contributed by atoms with Crippen LogP contribution in [0.1, 0.15) is 28.4 Å². The Hall–Kier alpha value is -3.18. The van der Waals surface area contributed by atoms with Crippen molar-refractivity contribution in [1.29, 1.82) is 0 Å². The molecule has 1 aliphatic carbocycles. The Morgan fingerprint density at radius 1 is 0.938 bits per heavy atom. The molecule has 1 heterocycles. The number of aryl methyl sites for hydroxylation is 1. The minimum atomic E-state index is -0.0526. The lowest BCUT2D eigenvalue weighted by atomic mass is 10.1. The first-order valence-corrected chi connectivity index (χ1v) is 11.5. The first kappa shape index (κ1) is 20.7. The molecular weight excluding hydrogens is 464 g/mol. The van der Waals surface area contributed by atoms with Gasteiger partial charge in [-0.2, -0.15) is 0 Å². The van der Waals surface area contributed by atoms with Gasteiger partial charge in [0.1, 0.15) is 22.7 Å². The molecule has 0 aliphatic heterocycles. The normalized spacial score (nSPS) is 13.2. The Balaban J connectivity index is 1.58. The van der Waals surface area contributed by atoms with E-state index < -0.39 is 0 Å². The summed E-state index contributed by atoms with van der Waals surface area (Å²) in [7, 11) is 0. The summed E-state index contributed by atoms with van der Waals surface area (Å²) >= 11 is 3.47. The zero-order chi connectivity index (χ0) is 22.1. The lowest BCUT2D eigenvalue weighted by Crippen LogP contribution is -2.29. The SMILES string of the molecule is Cc1nc(-c2ccccc2OCc2ccccc2)n(C2Cc3ccccc3C2)c(=O)c1Br. The number of hydrogen-bond donors (Lipinski definition) is 0. The third-order valence-electron chi connectivity index (χ3n) is 5.99. The average Bonchev–Trinajstić information content (AvgIpc) is 3.25. The van der Waals surface area contributed by atoms with Crippen LogP contribution in [0.4, 0.5) is 0 Å². The highest BCUT2D eigenvalue weighted by Gasteiger charge is 2.28. The number of rotatable bonds is 5. The summed E-state index contributed by atoms with van der Waals surface area (Å²) in [5.74, 6) is 1.37. The fraction of sp³-hybridized carbons (Fsp3) is 0.185. The molecule has 0 bridgehead atoms. The highest BCUT2D eigenvalue weighted by atomic mass is 79.9. The molecule has 5 heteroatoms. The van der Waals surface area contributed by atoms with Crippen LogP contribution in [0.5, 0.6) is 5.75 Å². The molecule has 0 radical (unpaired) electrons. The fourth-order valence-electron chi connectivity index (χ4n) is 4.38. The van der Waals surface area contributed by atoms with Crippen LogP contribution in [0.2, 0.25) is 0 Å². The molecule has 32 heavy (non-hydrogen) atoms. The molecule has 160 valence electrons. The predicted molar refractivity (Wildman–Crippen MR) is 130 cm³/mol. The van der Waals surface area contributed by atoms with Crippen LogP contribution >= 0.6 is 15.9 Å². The number of hydrogen-bond acceptors (Lipinski definition) is 3. The van der Waals surface area contributed by atoms with E-state index in [1.807, 2.05) is 66.1 Å². The van der Waals surface area contributed by atoms with Crippen molar-refractivity contribution in [2.24, 2.45) is 0 Å². The van der Waals surface area contributed by atoms with Gasteiger partial charge in [-0.3, -0.25) is 9.36 Å². The van der Waals surface area contributed by atoms with Gasteiger partial charge in [0.2, 0.25) is 0 Å². The van der Waals surface area contributed by atoms with Crippen LogP contribution in [0.15, 0.2) is 88.1 Å². The molecule has 1 aliphatic rings. The van der Waals surface area contributed by atoms with Gasteiger partial charge in [0.25, 0.3) is 5.56 Å². The summed E-state index contributed by atoms with van der Waals surface area (Å²) in [4.78, 5) is 18.3. The Kier molecular flexibility index (Phi) is 5.66. The van der Waals surface area contributed by atoms with Gasteiger partial charge in [-0.1, -0.05) is 66.7 Å². The van der Waals surface area contributed by atoms with E-state index in [0.29, 0.717) is 28.3 Å². The highest BCUT2D eigenvalue weighted by molar-refractivity contribution is 9.10. The summed E-state index contributed by atoms with van der Waals surface area (Å²) in [6.07, 6.45) is 1.63. The highest BCUT2D eigenvalue weighted by Crippen LogP contribution is 2.35. The lowest BCUT2D eigenvalue weighted by Gasteiger charge is -2.21. The van der Waals surface area contributed by atoms with Gasteiger partial charge in [0, 0.05) is 6.04 Å². The van der Waals surface area contributed by atoms with Crippen LogP contribution in [0, 0.1) is 6.92 Å². The van der Waals surface area contributed by atoms with Gasteiger partial charge in [-0.25, -0.2) is 4.98 Å². The minimum Gasteiger partial charge on any atom is -0.488 e. The maximum atomic E-state index is 13.4. The van der Waals surface area contributed by atoms with E-state index in [2.05, 4.69) is 40.2 Å². The van der Waals surface area contributed by atoms with Crippen LogP contribution < -0.4 is 10.3 Å². The van der Waals surface area contributed by atoms with Crippen molar-refractivity contribution in [3.05, 3.63) is 116 Å². The second-order valence-electron chi connectivity index (χ2n) is 8.11. The number of halogens is 1. The van der Waals surface area contributed by atoms with E-state index in [1.54, 1.807) is 0 Å². The Bertz CT molecular complexity index is 1310. The fourth-order valence-corrected chi connectivity index (χ4v) is 4.66. The molecule has 0 fully saturated rings. The molecule has 0 amide bonds. The van der Waals surface area contributed by atoms with Crippen LogP contribution in [0.3, 0.4) is 0 Å². The van der Waals surface area contributed by atoms with Crippen molar-refractivity contribution in [3.8, 4) is 17.1 Å². The molecule has 5 rings (SSSR count). The summed E-state index contributed by atoms with van der Waals surface area (Å²) < 4.78 is 8.56. The van der Waals surface area contributed by atoms with E-state index in [9.17, 15) is 4.79 Å². The molecule has 0 saturated carbocycles. The van der Waals surface area contributed by atoms with Crippen molar-refractivity contribution in [1.82, 2.24) is 9.55 Å².